The molecule has 1 saturated carbocycles. The third-order valence-electron chi connectivity index (χ3n) is 3.79. The van der Waals surface area contributed by atoms with Gasteiger partial charge in [0.1, 0.15) is 0 Å². The minimum atomic E-state index is -3.30. The van der Waals surface area contributed by atoms with E-state index in [1.807, 2.05) is 12.3 Å². The van der Waals surface area contributed by atoms with Gasteiger partial charge in [-0.1, -0.05) is 18.9 Å². The van der Waals surface area contributed by atoms with Crippen LogP contribution >= 0.6 is 11.8 Å². The van der Waals surface area contributed by atoms with Crippen LogP contribution in [0.4, 0.5) is 0 Å². The van der Waals surface area contributed by atoms with Gasteiger partial charge in [0, 0.05) is 11.2 Å². The van der Waals surface area contributed by atoms with Gasteiger partial charge in [0.15, 0.2) is 9.84 Å². The van der Waals surface area contributed by atoms with E-state index in [4.69, 9.17) is 0 Å². The van der Waals surface area contributed by atoms with E-state index in [1.165, 1.54) is 18.0 Å². The average Bonchev–Trinajstić information content (AvgIpc) is 2.87. The van der Waals surface area contributed by atoms with Crippen LogP contribution < -0.4 is 0 Å². The van der Waals surface area contributed by atoms with Crippen LogP contribution in [0, 0.1) is 0 Å². The molecule has 1 aromatic rings. The lowest BCUT2D eigenvalue weighted by Crippen LogP contribution is -2.19. The topological polar surface area (TPSA) is 63.6 Å². The molecule has 1 aromatic carbocycles. The van der Waals surface area contributed by atoms with E-state index < -0.39 is 15.4 Å². The van der Waals surface area contributed by atoms with Gasteiger partial charge in [-0.2, -0.15) is 4.99 Å². The van der Waals surface area contributed by atoms with E-state index in [1.54, 1.807) is 18.2 Å². The molecule has 4 nitrogen and oxygen atoms in total. The Bertz CT molecular complexity index is 655. The lowest BCUT2D eigenvalue weighted by molar-refractivity contribution is 0.454. The molecule has 2 rings (SSSR count). The fourth-order valence-corrected chi connectivity index (χ4v) is 4.71. The summed E-state index contributed by atoms with van der Waals surface area (Å²) >= 11 is 1.40. The summed E-state index contributed by atoms with van der Waals surface area (Å²) in [4.78, 5) is 15.8. The summed E-state index contributed by atoms with van der Waals surface area (Å²) in [5.41, 5.74) is 0.217. The molecular weight excluding hydrogens is 294 g/mol. The number of hydrogen-bond donors (Lipinski definition) is 0. The van der Waals surface area contributed by atoms with Crippen molar-refractivity contribution in [3.63, 3.8) is 0 Å². The molecular formula is C14H17NO3S2. The van der Waals surface area contributed by atoms with E-state index in [0.29, 0.717) is 4.90 Å². The van der Waals surface area contributed by atoms with Crippen LogP contribution in [0.3, 0.4) is 0 Å². The normalized spacial score (nSPS) is 17.7. The van der Waals surface area contributed by atoms with E-state index in [9.17, 15) is 13.2 Å². The fourth-order valence-electron chi connectivity index (χ4n) is 2.77. The summed E-state index contributed by atoms with van der Waals surface area (Å²) in [6.07, 6.45) is 8.22. The third-order valence-corrected chi connectivity index (χ3v) is 5.85. The van der Waals surface area contributed by atoms with Crippen molar-refractivity contribution < 1.29 is 13.2 Å². The van der Waals surface area contributed by atoms with E-state index in [0.717, 1.165) is 36.1 Å². The number of carbonyl (C=O) groups excluding carboxylic acids is 1. The summed E-state index contributed by atoms with van der Waals surface area (Å²) in [6, 6.07) is 5.36. The molecule has 0 bridgehead atoms. The number of benzene rings is 1. The van der Waals surface area contributed by atoms with Crippen molar-refractivity contribution >= 4 is 27.7 Å². The molecule has 1 aliphatic rings. The van der Waals surface area contributed by atoms with Gasteiger partial charge in [0.25, 0.3) is 0 Å². The molecule has 0 aliphatic heterocycles. The molecule has 0 unspecified atom stereocenters. The standard InChI is InChI=1S/C14H17NO3S2/c1-19-12-6-5-11(9-13(12)20(2,17)18)14(15-10-16)7-3-4-8-14/h5-6,9H,3-4,7-8H2,1-2H3. The Morgan fingerprint density at radius 1 is 1.30 bits per heavy atom. The summed E-state index contributed by atoms with van der Waals surface area (Å²) in [6.45, 7) is 0. The number of rotatable bonds is 4. The summed E-state index contributed by atoms with van der Waals surface area (Å²) in [5.74, 6) is 0. The Morgan fingerprint density at radius 2 is 1.95 bits per heavy atom. The Hall–Kier alpha value is -1.10. The Balaban J connectivity index is 2.61. The Kier molecular flexibility index (Phi) is 4.37. The summed E-state index contributed by atoms with van der Waals surface area (Å²) in [7, 11) is -3.30. The highest BCUT2D eigenvalue weighted by atomic mass is 32.2. The van der Waals surface area contributed by atoms with Gasteiger partial charge >= 0.3 is 0 Å². The van der Waals surface area contributed by atoms with Crippen molar-refractivity contribution in [2.24, 2.45) is 4.99 Å². The maximum atomic E-state index is 11.9. The highest BCUT2D eigenvalue weighted by molar-refractivity contribution is 7.99. The van der Waals surface area contributed by atoms with Crippen molar-refractivity contribution in [2.75, 3.05) is 12.5 Å². The zero-order valence-corrected chi connectivity index (χ0v) is 13.2. The molecule has 0 atom stereocenters. The highest BCUT2D eigenvalue weighted by Crippen LogP contribution is 2.43. The molecule has 108 valence electrons. The van der Waals surface area contributed by atoms with Crippen LogP contribution in [0.5, 0.6) is 0 Å². The monoisotopic (exact) mass is 311 g/mol. The van der Waals surface area contributed by atoms with Crippen molar-refractivity contribution in [1.29, 1.82) is 0 Å². The predicted molar refractivity (Wildman–Crippen MR) is 79.6 cm³/mol. The Labute approximate surface area is 123 Å². The molecule has 6 heteroatoms. The van der Waals surface area contributed by atoms with E-state index >= 15 is 0 Å². The maximum absolute atomic E-state index is 11.9. The van der Waals surface area contributed by atoms with Crippen LogP contribution in [-0.4, -0.2) is 27.0 Å². The zero-order valence-electron chi connectivity index (χ0n) is 11.5. The van der Waals surface area contributed by atoms with Gasteiger partial charge in [-0.3, -0.25) is 0 Å². The number of sulfone groups is 1. The molecule has 0 aromatic heterocycles. The molecule has 0 heterocycles. The number of nitrogens with zero attached hydrogens (tertiary/aromatic N) is 1. The number of aliphatic imine (C=N–C) groups is 1. The molecule has 0 spiro atoms. The first-order valence-corrected chi connectivity index (χ1v) is 9.52. The lowest BCUT2D eigenvalue weighted by atomic mass is 9.89. The van der Waals surface area contributed by atoms with Gasteiger partial charge in [0.2, 0.25) is 6.08 Å². The molecule has 0 amide bonds. The fraction of sp³-hybridized carbons (Fsp3) is 0.500. The largest absolute Gasteiger partial charge is 0.235 e. The second kappa shape index (κ2) is 5.72. The van der Waals surface area contributed by atoms with Crippen LogP contribution in [-0.2, 0) is 20.2 Å². The smallest absolute Gasteiger partial charge is 0.224 e. The molecule has 20 heavy (non-hydrogen) atoms. The first-order chi connectivity index (χ1) is 9.43. The molecule has 0 radical (unpaired) electrons. The number of hydrogen-bond acceptors (Lipinski definition) is 5. The second-order valence-electron chi connectivity index (χ2n) is 5.08. The van der Waals surface area contributed by atoms with Crippen molar-refractivity contribution in [2.45, 2.75) is 41.0 Å². The van der Waals surface area contributed by atoms with Crippen LogP contribution in [0.2, 0.25) is 0 Å². The summed E-state index contributed by atoms with van der Waals surface area (Å²) in [5, 5.41) is 0. The summed E-state index contributed by atoms with van der Waals surface area (Å²) < 4.78 is 23.8. The quantitative estimate of drug-likeness (QED) is 0.487. The lowest BCUT2D eigenvalue weighted by Gasteiger charge is -2.24. The molecule has 1 fully saturated rings. The van der Waals surface area contributed by atoms with Crippen molar-refractivity contribution in [1.82, 2.24) is 0 Å². The molecule has 0 saturated heterocycles. The van der Waals surface area contributed by atoms with Gasteiger partial charge < -0.3 is 0 Å². The van der Waals surface area contributed by atoms with Gasteiger partial charge in [0.05, 0.1) is 10.4 Å². The highest BCUT2D eigenvalue weighted by Gasteiger charge is 2.36. The third kappa shape index (κ3) is 2.82. The van der Waals surface area contributed by atoms with Gasteiger partial charge in [-0.05, 0) is 36.8 Å². The SMILES string of the molecule is CSc1ccc(C2(N=C=O)CCCC2)cc1S(C)(=O)=O. The average molecular weight is 311 g/mol. The molecule has 1 aliphatic carbocycles. The van der Waals surface area contributed by atoms with Crippen LogP contribution in [0.1, 0.15) is 31.2 Å². The van der Waals surface area contributed by atoms with E-state index in [2.05, 4.69) is 4.99 Å². The first kappa shape index (κ1) is 15.3. The minimum Gasteiger partial charge on any atom is -0.224 e. The number of isocyanates is 1. The maximum Gasteiger partial charge on any atom is 0.235 e. The Morgan fingerprint density at radius 3 is 2.45 bits per heavy atom. The van der Waals surface area contributed by atoms with Crippen molar-refractivity contribution in [3.05, 3.63) is 23.8 Å². The number of thioether (sulfide) groups is 1. The minimum absolute atomic E-state index is 0.315. The predicted octanol–water partition coefficient (Wildman–Crippen LogP) is 2.92. The zero-order chi connectivity index (χ0) is 14.8. The van der Waals surface area contributed by atoms with Gasteiger partial charge in [-0.25, -0.2) is 13.2 Å². The van der Waals surface area contributed by atoms with E-state index in [-0.39, 0.29) is 0 Å². The second-order valence-corrected chi connectivity index (χ2v) is 7.91. The van der Waals surface area contributed by atoms with Crippen molar-refractivity contribution in [3.8, 4) is 0 Å². The van der Waals surface area contributed by atoms with Crippen LogP contribution in [0.25, 0.3) is 0 Å². The first-order valence-electron chi connectivity index (χ1n) is 6.40. The van der Waals surface area contributed by atoms with Crippen LogP contribution in [0.15, 0.2) is 33.0 Å². The molecule has 0 N–H and O–H groups in total. The van der Waals surface area contributed by atoms with Gasteiger partial charge in [-0.15, -0.1) is 11.8 Å².